The first-order valence-corrected chi connectivity index (χ1v) is 12.2. The predicted octanol–water partition coefficient (Wildman–Crippen LogP) is 1.95. The molecule has 168 valence electrons. The fourth-order valence-electron chi connectivity index (χ4n) is 3.48. The van der Waals surface area contributed by atoms with E-state index in [2.05, 4.69) is 50.8 Å². The molecule has 0 atom stereocenters. The molecular weight excluding hydrogens is 412 g/mol. The molecule has 1 aliphatic rings. The number of sulfone groups is 1. The van der Waals surface area contributed by atoms with Crippen LogP contribution < -0.4 is 10.2 Å². The Kier molecular flexibility index (Phi) is 7.15. The van der Waals surface area contributed by atoms with E-state index in [-0.39, 0.29) is 11.2 Å². The van der Waals surface area contributed by atoms with Crippen molar-refractivity contribution in [3.63, 3.8) is 0 Å². The number of hydrogen-bond donors (Lipinski definition) is 1. The molecule has 1 N–H and O–H groups in total. The number of piperazine rings is 1. The van der Waals surface area contributed by atoms with Crippen molar-refractivity contribution in [3.05, 3.63) is 48.3 Å². The van der Waals surface area contributed by atoms with Crippen molar-refractivity contribution in [2.75, 3.05) is 50.4 Å². The van der Waals surface area contributed by atoms with Gasteiger partial charge in [0.2, 0.25) is 5.95 Å². The molecule has 2 aromatic rings. The van der Waals surface area contributed by atoms with E-state index in [1.165, 1.54) is 0 Å². The Hall–Kier alpha value is -2.68. The summed E-state index contributed by atoms with van der Waals surface area (Å²) < 4.78 is 25.5. The minimum Gasteiger partial charge on any atom is -0.355 e. The Morgan fingerprint density at radius 2 is 1.68 bits per heavy atom. The zero-order valence-corrected chi connectivity index (χ0v) is 19.6. The fourth-order valence-corrected chi connectivity index (χ4v) is 4.64. The summed E-state index contributed by atoms with van der Waals surface area (Å²) in [6, 6.07) is 9.01. The number of guanidine groups is 1. The van der Waals surface area contributed by atoms with Crippen LogP contribution in [0.1, 0.15) is 26.3 Å². The standard InChI is InChI=1S/C22H32N6O2S/c1-22(2,3)18-6-8-19(9-7-18)31(29,30)17-12-26-20(23-4)27-13-15-28(16-14-27)21-24-10-5-11-25-21/h5-11H,12-17H2,1-4H3,(H,23,26). The molecule has 1 saturated heterocycles. The average molecular weight is 445 g/mol. The summed E-state index contributed by atoms with van der Waals surface area (Å²) in [5, 5.41) is 3.20. The third-order valence-corrected chi connectivity index (χ3v) is 7.09. The van der Waals surface area contributed by atoms with Gasteiger partial charge in [0.25, 0.3) is 0 Å². The van der Waals surface area contributed by atoms with Crippen LogP contribution in [0.15, 0.2) is 52.6 Å². The van der Waals surface area contributed by atoms with Gasteiger partial charge in [-0.05, 0) is 29.2 Å². The van der Waals surface area contributed by atoms with Gasteiger partial charge in [-0.2, -0.15) is 0 Å². The lowest BCUT2D eigenvalue weighted by Crippen LogP contribution is -2.53. The van der Waals surface area contributed by atoms with E-state index in [1.54, 1.807) is 37.6 Å². The van der Waals surface area contributed by atoms with Crippen molar-refractivity contribution >= 4 is 21.7 Å². The van der Waals surface area contributed by atoms with Crippen molar-refractivity contribution in [1.82, 2.24) is 20.2 Å². The normalized spacial score (nSPS) is 15.8. The largest absolute Gasteiger partial charge is 0.355 e. The van der Waals surface area contributed by atoms with Gasteiger partial charge >= 0.3 is 0 Å². The molecule has 8 nitrogen and oxygen atoms in total. The molecular formula is C22H32N6O2S. The molecule has 0 radical (unpaired) electrons. The molecule has 2 heterocycles. The molecule has 0 spiro atoms. The third kappa shape index (κ3) is 5.94. The van der Waals surface area contributed by atoms with Crippen molar-refractivity contribution in [3.8, 4) is 0 Å². The maximum atomic E-state index is 12.7. The molecule has 31 heavy (non-hydrogen) atoms. The second-order valence-corrected chi connectivity index (χ2v) is 10.7. The van der Waals surface area contributed by atoms with Crippen LogP contribution in [0.5, 0.6) is 0 Å². The number of anilines is 1. The highest BCUT2D eigenvalue weighted by Crippen LogP contribution is 2.23. The molecule has 0 unspecified atom stereocenters. The highest BCUT2D eigenvalue weighted by atomic mass is 32.2. The van der Waals surface area contributed by atoms with Crippen LogP contribution in [0, 0.1) is 0 Å². The summed E-state index contributed by atoms with van der Waals surface area (Å²) in [7, 11) is -1.65. The topological polar surface area (TPSA) is 90.8 Å². The van der Waals surface area contributed by atoms with E-state index in [0.717, 1.165) is 37.7 Å². The van der Waals surface area contributed by atoms with E-state index < -0.39 is 9.84 Å². The van der Waals surface area contributed by atoms with Gasteiger partial charge in [-0.1, -0.05) is 32.9 Å². The van der Waals surface area contributed by atoms with Gasteiger partial charge in [0.15, 0.2) is 15.8 Å². The second kappa shape index (κ2) is 9.64. The van der Waals surface area contributed by atoms with Crippen molar-refractivity contribution in [2.45, 2.75) is 31.1 Å². The molecule has 0 bridgehead atoms. The Balaban J connectivity index is 1.52. The number of nitrogens with zero attached hydrogens (tertiary/aromatic N) is 5. The molecule has 0 aliphatic carbocycles. The van der Waals surface area contributed by atoms with Crippen molar-refractivity contribution in [2.24, 2.45) is 4.99 Å². The fraction of sp³-hybridized carbons (Fsp3) is 0.500. The van der Waals surface area contributed by atoms with Crippen LogP contribution in [-0.4, -0.2) is 74.8 Å². The maximum absolute atomic E-state index is 12.7. The van der Waals surface area contributed by atoms with Crippen LogP contribution >= 0.6 is 0 Å². The summed E-state index contributed by atoms with van der Waals surface area (Å²) in [5.74, 6) is 1.46. The molecule has 0 saturated carbocycles. The minimum atomic E-state index is -3.36. The van der Waals surface area contributed by atoms with Crippen molar-refractivity contribution in [1.29, 1.82) is 0 Å². The number of aromatic nitrogens is 2. The first-order valence-electron chi connectivity index (χ1n) is 10.5. The van der Waals surface area contributed by atoms with Crippen LogP contribution in [0.2, 0.25) is 0 Å². The van der Waals surface area contributed by atoms with E-state index >= 15 is 0 Å². The van der Waals surface area contributed by atoms with Gasteiger partial charge < -0.3 is 15.1 Å². The van der Waals surface area contributed by atoms with Gasteiger partial charge in [0.1, 0.15) is 0 Å². The predicted molar refractivity (Wildman–Crippen MR) is 124 cm³/mol. The smallest absolute Gasteiger partial charge is 0.225 e. The van der Waals surface area contributed by atoms with Crippen molar-refractivity contribution < 1.29 is 8.42 Å². The average Bonchev–Trinajstić information content (AvgIpc) is 2.77. The molecule has 9 heteroatoms. The van der Waals surface area contributed by atoms with Gasteiger partial charge in [-0.15, -0.1) is 0 Å². The maximum Gasteiger partial charge on any atom is 0.225 e. The second-order valence-electron chi connectivity index (χ2n) is 8.59. The lowest BCUT2D eigenvalue weighted by Gasteiger charge is -2.36. The molecule has 1 aromatic heterocycles. The van der Waals surface area contributed by atoms with Crippen LogP contribution in [-0.2, 0) is 15.3 Å². The van der Waals surface area contributed by atoms with E-state index in [1.807, 2.05) is 12.1 Å². The van der Waals surface area contributed by atoms with Crippen LogP contribution in [0.4, 0.5) is 5.95 Å². The zero-order valence-electron chi connectivity index (χ0n) is 18.7. The Labute approximate surface area is 185 Å². The van der Waals surface area contributed by atoms with Gasteiger partial charge in [-0.3, -0.25) is 4.99 Å². The summed E-state index contributed by atoms with van der Waals surface area (Å²) in [6.07, 6.45) is 3.48. The zero-order chi connectivity index (χ0) is 22.5. The first kappa shape index (κ1) is 23.0. The van der Waals surface area contributed by atoms with Crippen LogP contribution in [0.25, 0.3) is 0 Å². The minimum absolute atomic E-state index is 0.00695. The molecule has 1 aliphatic heterocycles. The number of benzene rings is 1. The molecule has 1 aromatic carbocycles. The third-order valence-electron chi connectivity index (χ3n) is 5.36. The van der Waals surface area contributed by atoms with E-state index in [0.29, 0.717) is 17.4 Å². The molecule has 3 rings (SSSR count). The summed E-state index contributed by atoms with van der Waals surface area (Å²) in [6.45, 7) is 9.72. The quantitative estimate of drug-likeness (QED) is 0.557. The highest BCUT2D eigenvalue weighted by molar-refractivity contribution is 7.91. The first-order chi connectivity index (χ1) is 14.7. The Morgan fingerprint density at radius 1 is 1.06 bits per heavy atom. The Morgan fingerprint density at radius 3 is 2.23 bits per heavy atom. The van der Waals surface area contributed by atoms with E-state index in [9.17, 15) is 8.42 Å². The Bertz CT molecular complexity index is 977. The molecule has 0 amide bonds. The number of hydrogen-bond acceptors (Lipinski definition) is 6. The SMILES string of the molecule is CN=C(NCCS(=O)(=O)c1ccc(C(C)(C)C)cc1)N1CCN(c2ncccn2)CC1. The van der Waals surface area contributed by atoms with Gasteiger partial charge in [0, 0.05) is 52.2 Å². The summed E-state index contributed by atoms with van der Waals surface area (Å²) in [5.41, 5.74) is 1.11. The number of aliphatic imine (C=N–C) groups is 1. The highest BCUT2D eigenvalue weighted by Gasteiger charge is 2.22. The van der Waals surface area contributed by atoms with Crippen LogP contribution in [0.3, 0.4) is 0 Å². The monoisotopic (exact) mass is 444 g/mol. The number of rotatable bonds is 5. The number of nitrogens with one attached hydrogen (secondary N) is 1. The summed E-state index contributed by atoms with van der Waals surface area (Å²) >= 11 is 0. The molecule has 1 fully saturated rings. The van der Waals surface area contributed by atoms with Gasteiger partial charge in [-0.25, -0.2) is 18.4 Å². The lowest BCUT2D eigenvalue weighted by atomic mass is 9.87. The van der Waals surface area contributed by atoms with E-state index in [4.69, 9.17) is 0 Å². The van der Waals surface area contributed by atoms with Gasteiger partial charge in [0.05, 0.1) is 10.6 Å². The summed E-state index contributed by atoms with van der Waals surface area (Å²) in [4.78, 5) is 17.5. The lowest BCUT2D eigenvalue weighted by molar-refractivity contribution is 0.371.